The first kappa shape index (κ1) is 18.2. The van der Waals surface area contributed by atoms with Crippen molar-refractivity contribution in [3.05, 3.63) is 57.8 Å². The highest BCUT2D eigenvalue weighted by atomic mass is 32.1. The monoisotopic (exact) mass is 376 g/mol. The Labute approximate surface area is 153 Å². The minimum atomic E-state index is -2.62. The Morgan fingerprint density at radius 3 is 2.81 bits per heavy atom. The van der Waals surface area contributed by atoms with E-state index in [1.165, 1.54) is 16.0 Å². The zero-order valence-electron chi connectivity index (χ0n) is 14.4. The molecule has 0 saturated carbocycles. The number of hydrogen-bond donors (Lipinski definition) is 1. The normalized spacial score (nSPS) is 11.1. The second-order valence-electron chi connectivity index (χ2n) is 5.89. The van der Waals surface area contributed by atoms with Gasteiger partial charge in [0.05, 0.1) is 0 Å². The average molecular weight is 376 g/mol. The number of carbonyl (C=O) groups is 1. The largest absolute Gasteiger partial charge is 0.350 e. The Morgan fingerprint density at radius 1 is 1.35 bits per heavy atom. The quantitative estimate of drug-likeness (QED) is 0.713. The summed E-state index contributed by atoms with van der Waals surface area (Å²) in [6.45, 7) is 2.36. The fourth-order valence-electron chi connectivity index (χ4n) is 2.79. The van der Waals surface area contributed by atoms with Crippen LogP contribution in [0, 0.1) is 6.92 Å². The van der Waals surface area contributed by atoms with E-state index in [2.05, 4.69) is 15.4 Å². The maximum Gasteiger partial charge on any atom is 0.282 e. The number of aromatic nitrogens is 3. The maximum absolute atomic E-state index is 13.2. The van der Waals surface area contributed by atoms with Gasteiger partial charge in [0.1, 0.15) is 5.69 Å². The molecule has 1 amide bonds. The van der Waals surface area contributed by atoms with Crippen LogP contribution in [-0.2, 0) is 13.5 Å². The van der Waals surface area contributed by atoms with Crippen molar-refractivity contribution in [3.63, 3.8) is 0 Å². The third kappa shape index (κ3) is 3.96. The first-order valence-corrected chi connectivity index (χ1v) is 8.93. The summed E-state index contributed by atoms with van der Waals surface area (Å²) in [4.78, 5) is 15.8. The third-order valence-electron chi connectivity index (χ3n) is 3.97. The molecule has 0 bridgehead atoms. The van der Waals surface area contributed by atoms with Crippen LogP contribution in [0.2, 0.25) is 0 Å². The average Bonchev–Trinajstić information content (AvgIpc) is 3.24. The van der Waals surface area contributed by atoms with Crippen LogP contribution >= 0.6 is 11.3 Å². The van der Waals surface area contributed by atoms with Gasteiger partial charge in [-0.15, -0.1) is 11.3 Å². The zero-order valence-corrected chi connectivity index (χ0v) is 15.2. The summed E-state index contributed by atoms with van der Waals surface area (Å²) in [5.41, 5.74) is 2.89. The highest BCUT2D eigenvalue weighted by Gasteiger charge is 2.19. The van der Waals surface area contributed by atoms with E-state index in [0.717, 1.165) is 16.7 Å². The standard InChI is InChI=1S/C18H18F2N4OS/c1-11-9-12(5-6-21-17(25)18-22-7-8-26-18)3-4-13(11)14-10-24(2)23-15(14)16(19)20/h3-4,7-10,16H,5-6H2,1-2H3,(H,21,25). The molecule has 0 aliphatic rings. The number of carbonyl (C=O) groups excluding carboxylic acids is 1. The van der Waals surface area contributed by atoms with Crippen molar-refractivity contribution >= 4 is 17.2 Å². The highest BCUT2D eigenvalue weighted by molar-refractivity contribution is 7.11. The summed E-state index contributed by atoms with van der Waals surface area (Å²) >= 11 is 1.29. The lowest BCUT2D eigenvalue weighted by molar-refractivity contribution is 0.0953. The number of hydrogen-bond acceptors (Lipinski definition) is 4. The van der Waals surface area contributed by atoms with Gasteiger partial charge in [-0.3, -0.25) is 9.48 Å². The second-order valence-corrected chi connectivity index (χ2v) is 6.79. The Morgan fingerprint density at radius 2 is 2.15 bits per heavy atom. The van der Waals surface area contributed by atoms with Crippen LogP contribution in [-0.4, -0.2) is 27.2 Å². The summed E-state index contributed by atoms with van der Waals surface area (Å²) in [6.07, 6.45) is 1.23. The molecule has 26 heavy (non-hydrogen) atoms. The van der Waals surface area contributed by atoms with Gasteiger partial charge < -0.3 is 5.32 Å². The van der Waals surface area contributed by atoms with Gasteiger partial charge in [0.2, 0.25) is 0 Å². The van der Waals surface area contributed by atoms with Gasteiger partial charge in [0.25, 0.3) is 12.3 Å². The predicted octanol–water partition coefficient (Wildman–Crippen LogP) is 3.76. The van der Waals surface area contributed by atoms with Crippen molar-refractivity contribution in [2.24, 2.45) is 7.05 Å². The van der Waals surface area contributed by atoms with E-state index in [1.54, 1.807) is 24.8 Å². The molecule has 0 radical (unpaired) electrons. The molecule has 0 aliphatic carbocycles. The number of nitrogens with zero attached hydrogens (tertiary/aromatic N) is 3. The molecule has 136 valence electrons. The van der Waals surface area contributed by atoms with E-state index in [0.29, 0.717) is 23.5 Å². The molecule has 5 nitrogen and oxygen atoms in total. The molecule has 0 spiro atoms. The van der Waals surface area contributed by atoms with Gasteiger partial charge in [-0.2, -0.15) is 5.10 Å². The Bertz CT molecular complexity index is 906. The van der Waals surface area contributed by atoms with E-state index in [9.17, 15) is 13.6 Å². The molecule has 1 aromatic carbocycles. The van der Waals surface area contributed by atoms with Crippen molar-refractivity contribution in [3.8, 4) is 11.1 Å². The molecule has 0 aliphatic heterocycles. The second kappa shape index (κ2) is 7.74. The first-order valence-electron chi connectivity index (χ1n) is 8.05. The fourth-order valence-corrected chi connectivity index (χ4v) is 3.34. The molecule has 1 N–H and O–H groups in total. The van der Waals surface area contributed by atoms with E-state index in [1.807, 2.05) is 25.1 Å². The number of benzene rings is 1. The van der Waals surface area contributed by atoms with Crippen LogP contribution in [0.25, 0.3) is 11.1 Å². The van der Waals surface area contributed by atoms with E-state index >= 15 is 0 Å². The SMILES string of the molecule is Cc1cc(CCNC(=O)c2nccs2)ccc1-c1cn(C)nc1C(F)F. The Kier molecular flexibility index (Phi) is 5.41. The van der Waals surface area contributed by atoms with Gasteiger partial charge >= 0.3 is 0 Å². The maximum atomic E-state index is 13.2. The van der Waals surface area contributed by atoms with Crippen LogP contribution in [0.15, 0.2) is 36.0 Å². The lowest BCUT2D eigenvalue weighted by Crippen LogP contribution is -2.25. The molecule has 0 atom stereocenters. The van der Waals surface area contributed by atoms with Crippen LogP contribution in [0.5, 0.6) is 0 Å². The topological polar surface area (TPSA) is 59.8 Å². The lowest BCUT2D eigenvalue weighted by atomic mass is 9.98. The van der Waals surface area contributed by atoms with Crippen LogP contribution in [0.3, 0.4) is 0 Å². The lowest BCUT2D eigenvalue weighted by Gasteiger charge is -2.09. The number of thiazole rings is 1. The van der Waals surface area contributed by atoms with Gasteiger partial charge in [0, 0.05) is 36.9 Å². The molecular formula is C18H18F2N4OS. The minimum absolute atomic E-state index is 0.190. The molecule has 8 heteroatoms. The number of amides is 1. The third-order valence-corrected chi connectivity index (χ3v) is 4.74. The molecule has 0 unspecified atom stereocenters. The van der Waals surface area contributed by atoms with E-state index < -0.39 is 6.43 Å². The molecule has 0 saturated heterocycles. The number of alkyl halides is 2. The number of rotatable bonds is 6. The minimum Gasteiger partial charge on any atom is -0.350 e. The van der Waals surface area contributed by atoms with Crippen molar-refractivity contribution in [2.45, 2.75) is 19.8 Å². The number of nitrogens with one attached hydrogen (secondary N) is 1. The van der Waals surface area contributed by atoms with Crippen molar-refractivity contribution in [2.75, 3.05) is 6.54 Å². The fraction of sp³-hybridized carbons (Fsp3) is 0.278. The Balaban J connectivity index is 1.69. The molecular weight excluding hydrogens is 358 g/mol. The molecule has 2 heterocycles. The van der Waals surface area contributed by atoms with E-state index in [4.69, 9.17) is 0 Å². The van der Waals surface area contributed by atoms with Gasteiger partial charge in [-0.25, -0.2) is 13.8 Å². The predicted molar refractivity (Wildman–Crippen MR) is 96.5 cm³/mol. The highest BCUT2D eigenvalue weighted by Crippen LogP contribution is 2.32. The van der Waals surface area contributed by atoms with Crippen molar-refractivity contribution in [1.29, 1.82) is 0 Å². The first-order chi connectivity index (χ1) is 12.5. The van der Waals surface area contributed by atoms with Gasteiger partial charge in [0.15, 0.2) is 5.01 Å². The smallest absolute Gasteiger partial charge is 0.282 e. The van der Waals surface area contributed by atoms with Crippen LogP contribution in [0.1, 0.15) is 33.0 Å². The Hall–Kier alpha value is -2.61. The van der Waals surface area contributed by atoms with Crippen molar-refractivity contribution in [1.82, 2.24) is 20.1 Å². The number of aryl methyl sites for hydroxylation is 2. The molecule has 3 aromatic rings. The van der Waals surface area contributed by atoms with Crippen molar-refractivity contribution < 1.29 is 13.6 Å². The van der Waals surface area contributed by atoms with E-state index in [-0.39, 0.29) is 11.6 Å². The molecule has 2 aromatic heterocycles. The zero-order chi connectivity index (χ0) is 18.7. The number of halogens is 2. The summed E-state index contributed by atoms with van der Waals surface area (Å²) in [5.74, 6) is -0.190. The van der Waals surface area contributed by atoms with Gasteiger partial charge in [-0.1, -0.05) is 18.2 Å². The molecule has 0 fully saturated rings. The summed E-state index contributed by atoms with van der Waals surface area (Å²) < 4.78 is 27.8. The molecule has 3 rings (SSSR count). The van der Waals surface area contributed by atoms with Gasteiger partial charge in [-0.05, 0) is 30.0 Å². The van der Waals surface area contributed by atoms with Crippen LogP contribution in [0.4, 0.5) is 8.78 Å². The summed E-state index contributed by atoms with van der Waals surface area (Å²) in [7, 11) is 1.63. The van der Waals surface area contributed by atoms with Crippen LogP contribution < -0.4 is 5.32 Å². The summed E-state index contributed by atoms with van der Waals surface area (Å²) in [6, 6.07) is 5.67. The summed E-state index contributed by atoms with van der Waals surface area (Å²) in [5, 5.41) is 8.87.